The number of hydrogen-bond donors (Lipinski definition) is 1. The molecule has 1 aliphatic rings. The van der Waals surface area contributed by atoms with Crippen molar-refractivity contribution in [3.63, 3.8) is 0 Å². The maximum Gasteiger partial charge on any atom is 0.221 e. The topological polar surface area (TPSA) is 107 Å². The third-order valence-electron chi connectivity index (χ3n) is 6.42. The summed E-state index contributed by atoms with van der Waals surface area (Å²) < 4.78 is 33.2. The van der Waals surface area contributed by atoms with E-state index in [9.17, 15) is 0 Å². The maximum absolute atomic E-state index is 6.26. The molecule has 0 radical (unpaired) electrons. The largest absolute Gasteiger partial charge is 0.493 e. The molecule has 0 fully saturated rings. The van der Waals surface area contributed by atoms with E-state index in [2.05, 4.69) is 11.1 Å². The second-order valence-corrected chi connectivity index (χ2v) is 8.51. The van der Waals surface area contributed by atoms with E-state index in [0.29, 0.717) is 34.5 Å². The summed E-state index contributed by atoms with van der Waals surface area (Å²) in [5.41, 5.74) is 11.7. The summed E-state index contributed by atoms with van der Waals surface area (Å²) in [4.78, 5) is 9.35. The number of allylic oxidation sites excluding steroid dienone is 1. The van der Waals surface area contributed by atoms with Crippen LogP contribution in [0.15, 0.2) is 24.3 Å². The second-order valence-electron chi connectivity index (χ2n) is 8.51. The first-order chi connectivity index (χ1) is 18.0. The van der Waals surface area contributed by atoms with Gasteiger partial charge in [-0.3, -0.25) is 0 Å². The zero-order chi connectivity index (χ0) is 26.5. The predicted octanol–water partition coefficient (Wildman–Crippen LogP) is 5.04. The molecule has 0 saturated heterocycles. The molecule has 1 heterocycles. The second kappa shape index (κ2) is 11.3. The molecule has 37 heavy (non-hydrogen) atoms. The minimum Gasteiger partial charge on any atom is -0.493 e. The highest BCUT2D eigenvalue weighted by atomic mass is 16.5. The van der Waals surface area contributed by atoms with Crippen molar-refractivity contribution in [2.75, 3.05) is 48.4 Å². The SMILES string of the molecule is COc1cc(/C=C2\CCCCc3c2nc(N)nc3-c2cc(OC)c(OC)c(OC)c2)cc(OC)c1OC. The highest BCUT2D eigenvalue weighted by Gasteiger charge is 2.23. The Kier molecular flexibility index (Phi) is 7.91. The molecule has 0 aliphatic heterocycles. The molecule has 0 atom stereocenters. The molecular weight excluding hydrogens is 474 g/mol. The van der Waals surface area contributed by atoms with Crippen molar-refractivity contribution in [1.82, 2.24) is 9.97 Å². The molecule has 0 amide bonds. The number of fused-ring (bicyclic) bond motifs is 1. The number of hydrogen-bond acceptors (Lipinski definition) is 9. The summed E-state index contributed by atoms with van der Waals surface area (Å²) in [5, 5.41) is 0. The molecule has 2 N–H and O–H groups in total. The van der Waals surface area contributed by atoms with Crippen molar-refractivity contribution in [3.8, 4) is 45.8 Å². The van der Waals surface area contributed by atoms with Gasteiger partial charge in [0, 0.05) is 11.1 Å². The average Bonchev–Trinajstić information content (AvgIpc) is 3.12. The van der Waals surface area contributed by atoms with Gasteiger partial charge in [-0.15, -0.1) is 0 Å². The third-order valence-corrected chi connectivity index (χ3v) is 6.42. The Hall–Kier alpha value is -4.14. The zero-order valence-corrected chi connectivity index (χ0v) is 22.1. The smallest absolute Gasteiger partial charge is 0.221 e. The molecule has 0 bridgehead atoms. The lowest BCUT2D eigenvalue weighted by molar-refractivity contribution is 0.324. The highest BCUT2D eigenvalue weighted by Crippen LogP contribution is 2.44. The van der Waals surface area contributed by atoms with Gasteiger partial charge in [-0.05, 0) is 67.2 Å². The number of aromatic nitrogens is 2. The first-order valence-corrected chi connectivity index (χ1v) is 12.0. The molecule has 0 spiro atoms. The van der Waals surface area contributed by atoms with E-state index in [1.165, 1.54) is 0 Å². The Morgan fingerprint density at radius 2 is 1.14 bits per heavy atom. The first kappa shape index (κ1) is 25.9. The van der Waals surface area contributed by atoms with E-state index in [0.717, 1.165) is 59.3 Å². The third kappa shape index (κ3) is 5.07. The van der Waals surface area contributed by atoms with Crippen LogP contribution in [0.2, 0.25) is 0 Å². The number of nitrogen functional groups attached to an aromatic ring is 1. The lowest BCUT2D eigenvalue weighted by Crippen LogP contribution is -2.06. The van der Waals surface area contributed by atoms with E-state index in [1.807, 2.05) is 24.3 Å². The Morgan fingerprint density at radius 1 is 0.649 bits per heavy atom. The number of nitrogens with zero attached hydrogens (tertiary/aromatic N) is 2. The summed E-state index contributed by atoms with van der Waals surface area (Å²) in [6.45, 7) is 0. The van der Waals surface area contributed by atoms with Gasteiger partial charge in [-0.25, -0.2) is 9.97 Å². The fourth-order valence-electron chi connectivity index (χ4n) is 4.72. The van der Waals surface area contributed by atoms with Crippen LogP contribution in [0, 0.1) is 0 Å². The molecule has 0 unspecified atom stereocenters. The lowest BCUT2D eigenvalue weighted by Gasteiger charge is -2.17. The summed E-state index contributed by atoms with van der Waals surface area (Å²) in [6, 6.07) is 7.61. The van der Waals surface area contributed by atoms with E-state index in [-0.39, 0.29) is 5.95 Å². The van der Waals surface area contributed by atoms with Crippen LogP contribution in [0.3, 0.4) is 0 Å². The van der Waals surface area contributed by atoms with Crippen molar-refractivity contribution < 1.29 is 28.4 Å². The van der Waals surface area contributed by atoms with Gasteiger partial charge < -0.3 is 34.2 Å². The summed E-state index contributed by atoms with van der Waals surface area (Å²) in [5.74, 6) is 3.52. The van der Waals surface area contributed by atoms with E-state index >= 15 is 0 Å². The van der Waals surface area contributed by atoms with Crippen LogP contribution in [0.4, 0.5) is 5.95 Å². The van der Waals surface area contributed by atoms with Crippen LogP contribution in [-0.4, -0.2) is 52.6 Å². The lowest BCUT2D eigenvalue weighted by atomic mass is 9.97. The maximum atomic E-state index is 6.26. The van der Waals surface area contributed by atoms with Gasteiger partial charge in [0.15, 0.2) is 23.0 Å². The molecule has 9 heteroatoms. The Morgan fingerprint density at radius 3 is 1.65 bits per heavy atom. The molecule has 1 aliphatic carbocycles. The fraction of sp³-hybridized carbons (Fsp3) is 0.357. The van der Waals surface area contributed by atoms with Crippen LogP contribution in [0.25, 0.3) is 22.9 Å². The number of benzene rings is 2. The van der Waals surface area contributed by atoms with E-state index in [1.54, 1.807) is 42.7 Å². The summed E-state index contributed by atoms with van der Waals surface area (Å²) in [6.07, 6.45) is 5.74. The first-order valence-electron chi connectivity index (χ1n) is 12.0. The van der Waals surface area contributed by atoms with Crippen LogP contribution in [0.1, 0.15) is 36.1 Å². The number of methoxy groups -OCH3 is 6. The summed E-state index contributed by atoms with van der Waals surface area (Å²) in [7, 11) is 9.56. The van der Waals surface area contributed by atoms with Crippen LogP contribution >= 0.6 is 0 Å². The zero-order valence-electron chi connectivity index (χ0n) is 22.1. The van der Waals surface area contributed by atoms with Crippen LogP contribution in [0.5, 0.6) is 34.5 Å². The van der Waals surface area contributed by atoms with Gasteiger partial charge in [-0.2, -0.15) is 0 Å². The molecule has 2 aromatic carbocycles. The Labute approximate surface area is 217 Å². The molecule has 0 saturated carbocycles. The number of anilines is 1. The van der Waals surface area contributed by atoms with Crippen molar-refractivity contribution >= 4 is 17.6 Å². The minimum absolute atomic E-state index is 0.195. The van der Waals surface area contributed by atoms with Gasteiger partial charge >= 0.3 is 0 Å². The highest BCUT2D eigenvalue weighted by molar-refractivity contribution is 5.85. The van der Waals surface area contributed by atoms with Gasteiger partial charge in [0.2, 0.25) is 17.4 Å². The fourth-order valence-corrected chi connectivity index (χ4v) is 4.72. The van der Waals surface area contributed by atoms with Gasteiger partial charge in [0.25, 0.3) is 0 Å². The normalized spacial score (nSPS) is 13.9. The summed E-state index contributed by atoms with van der Waals surface area (Å²) >= 11 is 0. The Bertz CT molecular complexity index is 1270. The molecular formula is C28H33N3O6. The van der Waals surface area contributed by atoms with E-state index in [4.69, 9.17) is 39.1 Å². The molecule has 196 valence electrons. The Balaban J connectivity index is 1.91. The molecule has 9 nitrogen and oxygen atoms in total. The quantitative estimate of drug-likeness (QED) is 0.419. The van der Waals surface area contributed by atoms with Crippen molar-refractivity contribution in [2.24, 2.45) is 0 Å². The molecule has 1 aromatic heterocycles. The predicted molar refractivity (Wildman–Crippen MR) is 143 cm³/mol. The van der Waals surface area contributed by atoms with Gasteiger partial charge in [-0.1, -0.05) is 0 Å². The minimum atomic E-state index is 0.195. The average molecular weight is 508 g/mol. The van der Waals surface area contributed by atoms with Crippen LogP contribution < -0.4 is 34.2 Å². The monoisotopic (exact) mass is 507 g/mol. The standard InChI is InChI=1S/C28H33N3O6/c1-32-20-12-16(13-21(33-2)26(20)36-5)11-17-9-7-8-10-19-24(17)30-28(29)31-25(19)18-14-22(34-3)27(37-6)23(15-18)35-4/h11-15H,7-10H2,1-6H3,(H2,29,30,31)/b17-11+. The van der Waals surface area contributed by atoms with Crippen molar-refractivity contribution in [1.29, 1.82) is 0 Å². The number of ether oxygens (including phenoxy) is 6. The molecule has 4 rings (SSSR count). The van der Waals surface area contributed by atoms with Crippen molar-refractivity contribution in [2.45, 2.75) is 25.7 Å². The molecule has 3 aromatic rings. The van der Waals surface area contributed by atoms with E-state index < -0.39 is 0 Å². The number of nitrogens with two attached hydrogens (primary N) is 1. The van der Waals surface area contributed by atoms with Crippen LogP contribution in [-0.2, 0) is 6.42 Å². The van der Waals surface area contributed by atoms with Gasteiger partial charge in [0.05, 0.1) is 54.0 Å². The van der Waals surface area contributed by atoms with Crippen molar-refractivity contribution in [3.05, 3.63) is 41.1 Å². The number of rotatable bonds is 8. The van der Waals surface area contributed by atoms with Gasteiger partial charge in [0.1, 0.15) is 0 Å².